The first-order chi connectivity index (χ1) is 13.3. The number of hydrogen-bond acceptors (Lipinski definition) is 6. The maximum Gasteiger partial charge on any atom is 0.337 e. The summed E-state index contributed by atoms with van der Waals surface area (Å²) in [5, 5.41) is 2.66. The van der Waals surface area contributed by atoms with Crippen molar-refractivity contribution in [2.75, 3.05) is 25.5 Å². The SMILES string of the molecule is COCC(=O)NCc1cc(NS(=O)(=O)c2ccccc2Cl)cc(C(=O)OC)c1. The lowest BCUT2D eigenvalue weighted by atomic mass is 10.1. The molecule has 0 unspecified atom stereocenters. The van der Waals surface area contributed by atoms with E-state index in [1.165, 1.54) is 44.6 Å². The van der Waals surface area contributed by atoms with Gasteiger partial charge in [-0.3, -0.25) is 9.52 Å². The predicted molar refractivity (Wildman–Crippen MR) is 104 cm³/mol. The number of rotatable bonds is 8. The topological polar surface area (TPSA) is 111 Å². The molecule has 8 nitrogen and oxygen atoms in total. The zero-order chi connectivity index (χ0) is 20.7. The Kier molecular flexibility index (Phi) is 7.38. The van der Waals surface area contributed by atoms with E-state index in [0.717, 1.165) is 0 Å². The van der Waals surface area contributed by atoms with Crippen LogP contribution in [0.1, 0.15) is 15.9 Å². The van der Waals surface area contributed by atoms with Crippen LogP contribution in [-0.4, -0.2) is 41.1 Å². The van der Waals surface area contributed by atoms with Crippen molar-refractivity contribution in [1.82, 2.24) is 5.32 Å². The van der Waals surface area contributed by atoms with Crippen molar-refractivity contribution in [1.29, 1.82) is 0 Å². The maximum absolute atomic E-state index is 12.6. The minimum absolute atomic E-state index is 0.0613. The molecule has 0 fully saturated rings. The van der Waals surface area contributed by atoms with Gasteiger partial charge >= 0.3 is 5.97 Å². The zero-order valence-electron chi connectivity index (χ0n) is 15.2. The van der Waals surface area contributed by atoms with Crippen LogP contribution >= 0.6 is 11.6 Å². The third-order valence-corrected chi connectivity index (χ3v) is 5.44. The Morgan fingerprint density at radius 2 is 1.82 bits per heavy atom. The Morgan fingerprint density at radius 3 is 2.46 bits per heavy atom. The van der Waals surface area contributed by atoms with Crippen LogP contribution in [-0.2, 0) is 30.8 Å². The lowest BCUT2D eigenvalue weighted by molar-refractivity contribution is -0.124. The van der Waals surface area contributed by atoms with E-state index in [2.05, 4.69) is 10.0 Å². The highest BCUT2D eigenvalue weighted by atomic mass is 35.5. The Hall–Kier alpha value is -2.62. The van der Waals surface area contributed by atoms with Crippen LogP contribution in [0, 0.1) is 0 Å². The lowest BCUT2D eigenvalue weighted by Crippen LogP contribution is -2.26. The second-order valence-electron chi connectivity index (χ2n) is 5.66. The highest BCUT2D eigenvalue weighted by molar-refractivity contribution is 7.92. The van der Waals surface area contributed by atoms with Gasteiger partial charge in [-0.05, 0) is 35.9 Å². The summed E-state index contributed by atoms with van der Waals surface area (Å²) >= 11 is 5.97. The van der Waals surface area contributed by atoms with Crippen molar-refractivity contribution in [3.05, 3.63) is 58.6 Å². The van der Waals surface area contributed by atoms with Crippen molar-refractivity contribution in [3.63, 3.8) is 0 Å². The summed E-state index contributed by atoms with van der Waals surface area (Å²) in [6.07, 6.45) is 0. The van der Waals surface area contributed by atoms with Gasteiger partial charge in [-0.2, -0.15) is 0 Å². The number of amides is 1. The van der Waals surface area contributed by atoms with Gasteiger partial charge in [-0.15, -0.1) is 0 Å². The number of nitrogens with one attached hydrogen (secondary N) is 2. The van der Waals surface area contributed by atoms with Crippen LogP contribution in [0.15, 0.2) is 47.4 Å². The van der Waals surface area contributed by atoms with Gasteiger partial charge in [0.05, 0.1) is 23.4 Å². The average molecular weight is 427 g/mol. The minimum atomic E-state index is -3.99. The third kappa shape index (κ3) is 5.69. The first-order valence-electron chi connectivity index (χ1n) is 8.02. The number of halogens is 1. The van der Waals surface area contributed by atoms with Gasteiger partial charge in [0.2, 0.25) is 5.91 Å². The molecular formula is C18H19ClN2O6S. The molecule has 0 bridgehead atoms. The molecule has 0 spiro atoms. The first kappa shape index (κ1) is 21.7. The molecule has 0 aliphatic rings. The quantitative estimate of drug-likeness (QED) is 0.626. The number of carbonyl (C=O) groups excluding carboxylic acids is 2. The van der Waals surface area contributed by atoms with Crippen LogP contribution in [0.2, 0.25) is 5.02 Å². The fraction of sp³-hybridized carbons (Fsp3) is 0.222. The van der Waals surface area contributed by atoms with Gasteiger partial charge in [-0.25, -0.2) is 13.2 Å². The Balaban J connectivity index is 2.34. The number of ether oxygens (including phenoxy) is 2. The third-order valence-electron chi connectivity index (χ3n) is 3.56. The molecule has 2 N–H and O–H groups in total. The molecule has 0 saturated carbocycles. The van der Waals surface area contributed by atoms with E-state index >= 15 is 0 Å². The fourth-order valence-electron chi connectivity index (χ4n) is 2.34. The van der Waals surface area contributed by atoms with E-state index < -0.39 is 16.0 Å². The molecule has 0 aliphatic heterocycles. The molecule has 150 valence electrons. The van der Waals surface area contributed by atoms with E-state index in [1.807, 2.05) is 0 Å². The predicted octanol–water partition coefficient (Wildman–Crippen LogP) is 2.19. The molecule has 0 aromatic heterocycles. The number of sulfonamides is 1. The molecule has 0 radical (unpaired) electrons. The fourth-order valence-corrected chi connectivity index (χ4v) is 3.91. The Bertz CT molecular complexity index is 978. The van der Waals surface area contributed by atoms with Crippen LogP contribution < -0.4 is 10.0 Å². The second kappa shape index (κ2) is 9.54. The molecule has 2 aromatic rings. The van der Waals surface area contributed by atoms with Gasteiger partial charge in [0.25, 0.3) is 10.0 Å². The number of anilines is 1. The van der Waals surface area contributed by atoms with Crippen molar-refractivity contribution in [2.24, 2.45) is 0 Å². The first-order valence-corrected chi connectivity index (χ1v) is 9.88. The lowest BCUT2D eigenvalue weighted by Gasteiger charge is -2.13. The monoisotopic (exact) mass is 426 g/mol. The summed E-state index contributed by atoms with van der Waals surface area (Å²) in [6, 6.07) is 10.3. The van der Waals surface area contributed by atoms with E-state index in [4.69, 9.17) is 21.1 Å². The number of carbonyl (C=O) groups is 2. The van der Waals surface area contributed by atoms with E-state index in [9.17, 15) is 18.0 Å². The van der Waals surface area contributed by atoms with Crippen LogP contribution in [0.4, 0.5) is 5.69 Å². The van der Waals surface area contributed by atoms with E-state index in [0.29, 0.717) is 5.56 Å². The maximum atomic E-state index is 12.6. The molecule has 0 atom stereocenters. The second-order valence-corrected chi connectivity index (χ2v) is 7.71. The highest BCUT2D eigenvalue weighted by Gasteiger charge is 2.19. The summed E-state index contributed by atoms with van der Waals surface area (Å²) < 4.78 is 37.1. The number of hydrogen-bond donors (Lipinski definition) is 2. The van der Waals surface area contributed by atoms with Gasteiger partial charge in [0.1, 0.15) is 11.5 Å². The van der Waals surface area contributed by atoms with Crippen LogP contribution in [0.25, 0.3) is 0 Å². The van der Waals surface area contributed by atoms with Crippen molar-refractivity contribution in [2.45, 2.75) is 11.4 Å². The van der Waals surface area contributed by atoms with Crippen molar-refractivity contribution in [3.8, 4) is 0 Å². The minimum Gasteiger partial charge on any atom is -0.465 e. The summed E-state index contributed by atoms with van der Waals surface area (Å²) in [7, 11) is -1.39. The van der Waals surface area contributed by atoms with Gasteiger partial charge < -0.3 is 14.8 Å². The summed E-state index contributed by atoms with van der Waals surface area (Å²) in [5.41, 5.74) is 0.737. The van der Waals surface area contributed by atoms with Gasteiger partial charge in [-0.1, -0.05) is 23.7 Å². The molecule has 10 heteroatoms. The smallest absolute Gasteiger partial charge is 0.337 e. The van der Waals surface area contributed by atoms with Crippen LogP contribution in [0.3, 0.4) is 0 Å². The molecule has 0 aliphatic carbocycles. The summed E-state index contributed by atoms with van der Waals surface area (Å²) in [5.74, 6) is -1.01. The Labute approximate surface area is 167 Å². The van der Waals surface area contributed by atoms with Gasteiger partial charge in [0.15, 0.2) is 0 Å². The number of benzene rings is 2. The van der Waals surface area contributed by atoms with Crippen LogP contribution in [0.5, 0.6) is 0 Å². The molecule has 2 rings (SSSR count). The Morgan fingerprint density at radius 1 is 1.11 bits per heavy atom. The molecular weight excluding hydrogens is 408 g/mol. The summed E-state index contributed by atoms with van der Waals surface area (Å²) in [4.78, 5) is 23.4. The molecule has 2 aromatic carbocycles. The largest absolute Gasteiger partial charge is 0.465 e. The molecule has 0 heterocycles. The molecule has 28 heavy (non-hydrogen) atoms. The van der Waals surface area contributed by atoms with Gasteiger partial charge in [0, 0.05) is 13.7 Å². The van der Waals surface area contributed by atoms with Crippen molar-refractivity contribution < 1.29 is 27.5 Å². The zero-order valence-corrected chi connectivity index (χ0v) is 16.8. The highest BCUT2D eigenvalue weighted by Crippen LogP contribution is 2.24. The number of methoxy groups -OCH3 is 2. The average Bonchev–Trinajstić information content (AvgIpc) is 2.65. The summed E-state index contributed by atoms with van der Waals surface area (Å²) in [6.45, 7) is -0.0590. The molecule has 1 amide bonds. The standard InChI is InChI=1S/C18H19ClN2O6S/c1-26-11-17(22)20-10-12-7-13(18(23)27-2)9-14(8-12)21-28(24,25)16-6-4-3-5-15(16)19/h3-9,21H,10-11H2,1-2H3,(H,20,22). The normalized spacial score (nSPS) is 11.0. The molecule has 0 saturated heterocycles. The van der Waals surface area contributed by atoms with E-state index in [-0.39, 0.29) is 40.2 Å². The van der Waals surface area contributed by atoms with E-state index in [1.54, 1.807) is 12.1 Å². The number of esters is 1. The van der Waals surface area contributed by atoms with Crippen molar-refractivity contribution >= 4 is 39.2 Å².